The summed E-state index contributed by atoms with van der Waals surface area (Å²) in [6.45, 7) is 6.52. The Kier molecular flexibility index (Phi) is 49.9. The van der Waals surface area contributed by atoms with Crippen LogP contribution in [-0.2, 0) is 28.6 Å². The third kappa shape index (κ3) is 49.9. The Bertz CT molecular complexity index is 1210. The molecule has 0 radical (unpaired) electrons. The van der Waals surface area contributed by atoms with E-state index in [1.165, 1.54) is 122 Å². The number of carbonyl (C=O) groups excluding carboxylic acids is 3. The zero-order valence-electron chi connectivity index (χ0n) is 42.0. The molecule has 0 aliphatic carbocycles. The molecule has 0 aliphatic heterocycles. The van der Waals surface area contributed by atoms with Crippen LogP contribution in [0.5, 0.6) is 0 Å². The van der Waals surface area contributed by atoms with Crippen molar-refractivity contribution in [2.24, 2.45) is 0 Å². The Hall–Kier alpha value is -3.15. The number of allylic oxidation sites excluding steroid dienone is 12. The van der Waals surface area contributed by atoms with E-state index in [4.69, 9.17) is 14.2 Å². The smallest absolute Gasteiger partial charge is 0.306 e. The first kappa shape index (κ1) is 60.9. The van der Waals surface area contributed by atoms with Crippen LogP contribution in [0.4, 0.5) is 0 Å². The molecule has 0 aromatic carbocycles. The SMILES string of the molecule is CCC\C=C/C=C\C=C/C=C\C=C/CCCCCCCC(=O)OCC(COC(=O)CCCCC/C=C\CCCCCCCC)OC(=O)CCCCCCCCCCCCCCCCC. The van der Waals surface area contributed by atoms with Crippen molar-refractivity contribution < 1.29 is 28.6 Å². The average Bonchev–Trinajstić information content (AvgIpc) is 3.29. The molecule has 0 N–H and O–H groups in total. The lowest BCUT2D eigenvalue weighted by Gasteiger charge is -2.18. The average molecular weight is 893 g/mol. The summed E-state index contributed by atoms with van der Waals surface area (Å²) < 4.78 is 16.8. The Labute approximate surface area is 395 Å². The van der Waals surface area contributed by atoms with Gasteiger partial charge >= 0.3 is 17.9 Å². The lowest BCUT2D eigenvalue weighted by Crippen LogP contribution is -2.30. The maximum atomic E-state index is 12.8. The lowest BCUT2D eigenvalue weighted by molar-refractivity contribution is -0.167. The third-order valence-electron chi connectivity index (χ3n) is 11.5. The first-order valence-corrected chi connectivity index (χ1v) is 27.0. The van der Waals surface area contributed by atoms with Gasteiger partial charge in [-0.1, -0.05) is 248 Å². The van der Waals surface area contributed by atoms with Gasteiger partial charge in [-0.05, 0) is 64.2 Å². The number of hydrogen-bond acceptors (Lipinski definition) is 6. The van der Waals surface area contributed by atoms with Crippen molar-refractivity contribution >= 4 is 17.9 Å². The van der Waals surface area contributed by atoms with Gasteiger partial charge < -0.3 is 14.2 Å². The summed E-state index contributed by atoms with van der Waals surface area (Å²) >= 11 is 0. The molecular weight excluding hydrogens is 793 g/mol. The van der Waals surface area contributed by atoms with E-state index in [9.17, 15) is 14.4 Å². The molecule has 0 rings (SSSR count). The Morgan fingerprint density at radius 2 is 0.609 bits per heavy atom. The van der Waals surface area contributed by atoms with Crippen LogP contribution in [0.3, 0.4) is 0 Å². The first-order valence-electron chi connectivity index (χ1n) is 27.0. The van der Waals surface area contributed by atoms with Crippen LogP contribution in [0.25, 0.3) is 0 Å². The van der Waals surface area contributed by atoms with Gasteiger partial charge in [0.1, 0.15) is 13.2 Å². The minimum absolute atomic E-state index is 0.0901. The van der Waals surface area contributed by atoms with Gasteiger partial charge in [-0.15, -0.1) is 0 Å². The highest BCUT2D eigenvalue weighted by Crippen LogP contribution is 2.15. The largest absolute Gasteiger partial charge is 0.462 e. The van der Waals surface area contributed by atoms with Gasteiger partial charge in [0.05, 0.1) is 0 Å². The van der Waals surface area contributed by atoms with E-state index in [2.05, 4.69) is 69.4 Å². The van der Waals surface area contributed by atoms with Gasteiger partial charge in [0.15, 0.2) is 6.10 Å². The van der Waals surface area contributed by atoms with Crippen LogP contribution in [0.15, 0.2) is 72.9 Å². The van der Waals surface area contributed by atoms with Crippen LogP contribution in [0.1, 0.15) is 258 Å². The maximum Gasteiger partial charge on any atom is 0.306 e. The van der Waals surface area contributed by atoms with Crippen molar-refractivity contribution in [2.75, 3.05) is 13.2 Å². The van der Waals surface area contributed by atoms with E-state index >= 15 is 0 Å². The molecule has 368 valence electrons. The third-order valence-corrected chi connectivity index (χ3v) is 11.5. The highest BCUT2D eigenvalue weighted by molar-refractivity contribution is 5.71. The van der Waals surface area contributed by atoms with Crippen molar-refractivity contribution in [2.45, 2.75) is 264 Å². The second-order valence-corrected chi connectivity index (χ2v) is 17.9. The zero-order valence-corrected chi connectivity index (χ0v) is 42.0. The molecule has 6 heteroatoms. The van der Waals surface area contributed by atoms with E-state index in [-0.39, 0.29) is 31.1 Å². The van der Waals surface area contributed by atoms with E-state index in [0.29, 0.717) is 19.3 Å². The number of esters is 3. The highest BCUT2D eigenvalue weighted by Gasteiger charge is 2.19. The van der Waals surface area contributed by atoms with E-state index < -0.39 is 6.10 Å². The maximum absolute atomic E-state index is 12.8. The molecule has 1 atom stereocenters. The Morgan fingerprint density at radius 3 is 1.00 bits per heavy atom. The van der Waals surface area contributed by atoms with Crippen molar-refractivity contribution in [3.05, 3.63) is 72.9 Å². The van der Waals surface area contributed by atoms with Gasteiger partial charge in [0, 0.05) is 19.3 Å². The zero-order chi connectivity index (χ0) is 46.5. The molecule has 64 heavy (non-hydrogen) atoms. The van der Waals surface area contributed by atoms with E-state index in [1.807, 2.05) is 24.3 Å². The molecule has 1 unspecified atom stereocenters. The Balaban J connectivity index is 4.44. The number of rotatable bonds is 48. The van der Waals surface area contributed by atoms with Crippen LogP contribution in [0, 0.1) is 0 Å². The molecule has 6 nitrogen and oxygen atoms in total. The summed E-state index contributed by atoms with van der Waals surface area (Å²) in [5.74, 6) is -0.923. The van der Waals surface area contributed by atoms with Gasteiger partial charge in [0.2, 0.25) is 0 Å². The quantitative estimate of drug-likeness (QED) is 0.0199. The summed E-state index contributed by atoms with van der Waals surface area (Å²) in [7, 11) is 0. The van der Waals surface area contributed by atoms with Crippen LogP contribution in [-0.4, -0.2) is 37.2 Å². The fourth-order valence-corrected chi connectivity index (χ4v) is 7.47. The van der Waals surface area contributed by atoms with Crippen LogP contribution < -0.4 is 0 Å². The van der Waals surface area contributed by atoms with Crippen molar-refractivity contribution in [1.29, 1.82) is 0 Å². The topological polar surface area (TPSA) is 78.9 Å². The number of hydrogen-bond donors (Lipinski definition) is 0. The monoisotopic (exact) mass is 893 g/mol. The molecule has 0 heterocycles. The number of unbranched alkanes of at least 4 members (excludes halogenated alkanes) is 29. The first-order chi connectivity index (χ1) is 31.5. The predicted molar refractivity (Wildman–Crippen MR) is 274 cm³/mol. The van der Waals surface area contributed by atoms with Crippen LogP contribution >= 0.6 is 0 Å². The Morgan fingerprint density at radius 1 is 0.312 bits per heavy atom. The summed E-state index contributed by atoms with van der Waals surface area (Å²) in [6.07, 6.45) is 65.9. The van der Waals surface area contributed by atoms with Crippen LogP contribution in [0.2, 0.25) is 0 Å². The summed E-state index contributed by atoms with van der Waals surface area (Å²) in [5, 5.41) is 0. The van der Waals surface area contributed by atoms with Crippen molar-refractivity contribution in [3.8, 4) is 0 Å². The second-order valence-electron chi connectivity index (χ2n) is 17.9. The molecule has 0 amide bonds. The van der Waals surface area contributed by atoms with Crippen molar-refractivity contribution in [3.63, 3.8) is 0 Å². The standard InChI is InChI=1S/C58H100O6/c1-4-7-10-13-16-19-22-25-27-28-29-31-33-36-39-42-45-48-51-57(60)63-54-55(53-62-56(59)50-47-44-41-38-35-32-24-21-18-15-12-9-6-3)64-58(61)52-49-46-43-40-37-34-30-26-23-20-17-14-11-8-5-2/h10,13,16,19,22,25,27-29,31-32,35,55H,4-9,11-12,14-15,17-18,20-21,23-24,26,30,33-34,36-54H2,1-3H3/b13-10-,19-16-,25-22-,28-27-,31-29-,35-32-. The fourth-order valence-electron chi connectivity index (χ4n) is 7.47. The number of ether oxygens (including phenoxy) is 3. The minimum atomic E-state index is -0.790. The molecule has 0 aromatic rings. The minimum Gasteiger partial charge on any atom is -0.462 e. The van der Waals surface area contributed by atoms with E-state index in [0.717, 1.165) is 96.3 Å². The van der Waals surface area contributed by atoms with Gasteiger partial charge in [-0.25, -0.2) is 0 Å². The summed E-state index contributed by atoms with van der Waals surface area (Å²) in [4.78, 5) is 38.0. The summed E-state index contributed by atoms with van der Waals surface area (Å²) in [6, 6.07) is 0. The number of carbonyl (C=O) groups is 3. The van der Waals surface area contributed by atoms with Gasteiger partial charge in [0.25, 0.3) is 0 Å². The molecule has 0 saturated carbocycles. The predicted octanol–water partition coefficient (Wildman–Crippen LogP) is 17.8. The van der Waals surface area contributed by atoms with Gasteiger partial charge in [-0.2, -0.15) is 0 Å². The molecule has 0 aliphatic rings. The molecular formula is C58H100O6. The molecule has 0 spiro atoms. The fraction of sp³-hybridized carbons (Fsp3) is 0.741. The van der Waals surface area contributed by atoms with Crippen molar-refractivity contribution in [1.82, 2.24) is 0 Å². The highest BCUT2D eigenvalue weighted by atomic mass is 16.6. The summed E-state index contributed by atoms with van der Waals surface area (Å²) in [5.41, 5.74) is 0. The second kappa shape index (κ2) is 52.5. The molecule has 0 bridgehead atoms. The molecule has 0 fully saturated rings. The van der Waals surface area contributed by atoms with Gasteiger partial charge in [-0.3, -0.25) is 14.4 Å². The molecule has 0 saturated heterocycles. The normalized spacial score (nSPS) is 12.6. The molecule has 0 aromatic heterocycles. The lowest BCUT2D eigenvalue weighted by atomic mass is 10.0. The van der Waals surface area contributed by atoms with E-state index in [1.54, 1.807) is 0 Å².